The Morgan fingerprint density at radius 2 is 1.63 bits per heavy atom. The zero-order valence-corrected chi connectivity index (χ0v) is 18.0. The third-order valence-corrected chi connectivity index (χ3v) is 6.44. The highest BCUT2D eigenvalue weighted by Gasteiger charge is 2.30. The summed E-state index contributed by atoms with van der Waals surface area (Å²) in [5.74, 6) is 1.10. The highest BCUT2D eigenvalue weighted by atomic mass is 16.5. The van der Waals surface area contributed by atoms with Gasteiger partial charge in [-0.3, -0.25) is 14.7 Å². The zero-order chi connectivity index (χ0) is 20.8. The molecule has 0 bridgehead atoms. The summed E-state index contributed by atoms with van der Waals surface area (Å²) >= 11 is 0. The molecule has 1 aromatic heterocycles. The fourth-order valence-corrected chi connectivity index (χ4v) is 4.69. The second-order valence-corrected chi connectivity index (χ2v) is 8.51. The van der Waals surface area contributed by atoms with Crippen LogP contribution in [-0.4, -0.2) is 59.0 Å². The molecule has 0 atom stereocenters. The van der Waals surface area contributed by atoms with Crippen LogP contribution in [0.25, 0.3) is 0 Å². The molecular formula is C25H33N3O2. The monoisotopic (exact) mass is 407 g/mol. The highest BCUT2D eigenvalue weighted by Crippen LogP contribution is 2.24. The largest absolute Gasteiger partial charge is 0.490 e. The second-order valence-electron chi connectivity index (χ2n) is 8.51. The molecule has 0 unspecified atom stereocenters. The molecule has 0 radical (unpaired) electrons. The Labute approximate surface area is 180 Å². The van der Waals surface area contributed by atoms with Gasteiger partial charge in [0, 0.05) is 50.2 Å². The van der Waals surface area contributed by atoms with Crippen LogP contribution < -0.4 is 4.74 Å². The van der Waals surface area contributed by atoms with Gasteiger partial charge in [-0.05, 0) is 61.9 Å². The summed E-state index contributed by atoms with van der Waals surface area (Å²) in [5, 5.41) is 0. The first-order valence-electron chi connectivity index (χ1n) is 11.4. The summed E-state index contributed by atoms with van der Waals surface area (Å²) in [7, 11) is 0. The number of amides is 1. The van der Waals surface area contributed by atoms with Gasteiger partial charge in [0.25, 0.3) is 5.91 Å². The van der Waals surface area contributed by atoms with E-state index < -0.39 is 0 Å². The fraction of sp³-hybridized carbons (Fsp3) is 0.520. The lowest BCUT2D eigenvalue weighted by atomic mass is 9.98. The number of nitrogens with zero attached hydrogens (tertiary/aromatic N) is 3. The van der Waals surface area contributed by atoms with Crippen molar-refractivity contribution in [1.29, 1.82) is 0 Å². The summed E-state index contributed by atoms with van der Waals surface area (Å²) in [6, 6.07) is 12.6. The third kappa shape index (κ3) is 5.20. The molecule has 2 saturated heterocycles. The van der Waals surface area contributed by atoms with Crippen molar-refractivity contribution >= 4 is 5.91 Å². The minimum Gasteiger partial charge on any atom is -0.490 e. The van der Waals surface area contributed by atoms with Gasteiger partial charge in [0.05, 0.1) is 0 Å². The van der Waals surface area contributed by atoms with E-state index in [4.69, 9.17) is 4.74 Å². The molecule has 0 aliphatic carbocycles. The number of likely N-dealkylation sites (tertiary alicyclic amines) is 2. The Kier molecular flexibility index (Phi) is 7.00. The van der Waals surface area contributed by atoms with Crippen molar-refractivity contribution in [3.63, 3.8) is 0 Å². The molecule has 3 heterocycles. The smallest absolute Gasteiger partial charge is 0.253 e. The number of rotatable bonds is 6. The molecule has 160 valence electrons. The molecule has 5 nitrogen and oxygen atoms in total. The highest BCUT2D eigenvalue weighted by molar-refractivity contribution is 5.94. The maximum atomic E-state index is 12.9. The van der Waals surface area contributed by atoms with E-state index in [9.17, 15) is 4.79 Å². The van der Waals surface area contributed by atoms with Crippen LogP contribution in [0.15, 0.2) is 48.8 Å². The molecule has 2 aliphatic rings. The molecular weight excluding hydrogens is 374 g/mol. The molecule has 0 N–H and O–H groups in total. The Hall–Kier alpha value is -2.40. The lowest BCUT2D eigenvalue weighted by molar-refractivity contribution is 0.0425. The van der Waals surface area contributed by atoms with Crippen LogP contribution in [-0.2, 0) is 6.42 Å². The van der Waals surface area contributed by atoms with Gasteiger partial charge in [-0.1, -0.05) is 25.5 Å². The summed E-state index contributed by atoms with van der Waals surface area (Å²) < 4.78 is 6.09. The predicted octanol–water partition coefficient (Wildman–Crippen LogP) is 4.18. The zero-order valence-electron chi connectivity index (χ0n) is 18.0. The van der Waals surface area contributed by atoms with E-state index in [1.165, 1.54) is 5.56 Å². The van der Waals surface area contributed by atoms with Crippen LogP contribution in [0.5, 0.6) is 5.75 Å². The average Bonchev–Trinajstić information content (AvgIpc) is 2.81. The first kappa shape index (κ1) is 20.9. The molecule has 30 heavy (non-hydrogen) atoms. The van der Waals surface area contributed by atoms with Gasteiger partial charge in [-0.2, -0.15) is 0 Å². The molecule has 4 rings (SSSR count). The molecule has 5 heteroatoms. The minimum absolute atomic E-state index is 0.181. The van der Waals surface area contributed by atoms with Crippen LogP contribution in [0.2, 0.25) is 0 Å². The maximum Gasteiger partial charge on any atom is 0.253 e. The lowest BCUT2D eigenvalue weighted by Gasteiger charge is -2.41. The van der Waals surface area contributed by atoms with Crippen LogP contribution in [0, 0.1) is 0 Å². The lowest BCUT2D eigenvalue weighted by Crippen LogP contribution is -2.50. The average molecular weight is 408 g/mol. The van der Waals surface area contributed by atoms with Crippen molar-refractivity contribution in [2.24, 2.45) is 0 Å². The van der Waals surface area contributed by atoms with Crippen LogP contribution in [0.3, 0.4) is 0 Å². The Bertz CT molecular complexity index is 793. The van der Waals surface area contributed by atoms with Crippen molar-refractivity contribution in [2.45, 2.75) is 57.6 Å². The number of carbonyl (C=O) groups excluding carboxylic acids is 1. The summed E-state index contributed by atoms with van der Waals surface area (Å²) in [6.07, 6.45) is 10.3. The SMILES string of the molecule is CCCc1ccc(C(=O)N2CCC(N3CCC(Oc4ccncc4)CC3)CC2)cc1. The number of pyridine rings is 1. The molecule has 0 saturated carbocycles. The first-order chi connectivity index (χ1) is 14.7. The van der Waals surface area contributed by atoms with Crippen LogP contribution in [0.4, 0.5) is 0 Å². The number of hydrogen-bond acceptors (Lipinski definition) is 4. The van der Waals surface area contributed by atoms with E-state index in [1.807, 2.05) is 29.2 Å². The minimum atomic E-state index is 0.181. The van der Waals surface area contributed by atoms with Gasteiger partial charge >= 0.3 is 0 Å². The number of carbonyl (C=O) groups is 1. The van der Waals surface area contributed by atoms with Crippen molar-refractivity contribution in [3.8, 4) is 5.75 Å². The summed E-state index contributed by atoms with van der Waals surface area (Å²) in [4.78, 5) is 21.5. The Balaban J connectivity index is 1.22. The number of benzene rings is 1. The number of ether oxygens (including phenoxy) is 1. The molecule has 2 fully saturated rings. The maximum absolute atomic E-state index is 12.9. The third-order valence-electron chi connectivity index (χ3n) is 6.44. The van der Waals surface area contributed by atoms with E-state index in [2.05, 4.69) is 28.9 Å². The Morgan fingerprint density at radius 1 is 0.967 bits per heavy atom. The topological polar surface area (TPSA) is 45.7 Å². The quantitative estimate of drug-likeness (QED) is 0.721. The van der Waals surface area contributed by atoms with Gasteiger partial charge in [-0.15, -0.1) is 0 Å². The number of aryl methyl sites for hydroxylation is 1. The van der Waals surface area contributed by atoms with E-state index in [0.29, 0.717) is 12.1 Å². The van der Waals surface area contributed by atoms with Crippen LogP contribution in [0.1, 0.15) is 54.9 Å². The van der Waals surface area contributed by atoms with Crippen molar-refractivity contribution in [2.75, 3.05) is 26.2 Å². The molecule has 2 aliphatic heterocycles. The van der Waals surface area contributed by atoms with Crippen molar-refractivity contribution in [1.82, 2.24) is 14.8 Å². The standard InChI is InChI=1S/C25H33N3O2/c1-2-3-20-4-6-21(7-5-20)25(29)28-16-10-22(11-17-28)27-18-12-24(13-19-27)30-23-8-14-26-15-9-23/h4-9,14-15,22,24H,2-3,10-13,16-19H2,1H3. The van der Waals surface area contributed by atoms with Gasteiger partial charge in [0.1, 0.15) is 11.9 Å². The predicted molar refractivity (Wildman–Crippen MR) is 119 cm³/mol. The fourth-order valence-electron chi connectivity index (χ4n) is 4.69. The number of hydrogen-bond donors (Lipinski definition) is 0. The molecule has 0 spiro atoms. The van der Waals surface area contributed by atoms with Gasteiger partial charge in [0.15, 0.2) is 0 Å². The van der Waals surface area contributed by atoms with Gasteiger partial charge in [-0.25, -0.2) is 0 Å². The van der Waals surface area contributed by atoms with Gasteiger partial charge < -0.3 is 9.64 Å². The normalized spacial score (nSPS) is 19.0. The number of piperidine rings is 2. The van der Waals surface area contributed by atoms with Crippen LogP contribution >= 0.6 is 0 Å². The van der Waals surface area contributed by atoms with E-state index in [1.54, 1.807) is 12.4 Å². The van der Waals surface area contributed by atoms with E-state index >= 15 is 0 Å². The molecule has 1 aromatic carbocycles. The summed E-state index contributed by atoms with van der Waals surface area (Å²) in [5.41, 5.74) is 2.13. The Morgan fingerprint density at radius 3 is 2.27 bits per heavy atom. The molecule has 2 aromatic rings. The second kappa shape index (κ2) is 10.1. The molecule has 1 amide bonds. The van der Waals surface area contributed by atoms with Gasteiger partial charge in [0.2, 0.25) is 0 Å². The van der Waals surface area contributed by atoms with E-state index in [0.717, 1.165) is 76.0 Å². The summed E-state index contributed by atoms with van der Waals surface area (Å²) in [6.45, 7) is 6.04. The number of aromatic nitrogens is 1. The van der Waals surface area contributed by atoms with Crippen molar-refractivity contribution in [3.05, 3.63) is 59.9 Å². The van der Waals surface area contributed by atoms with E-state index in [-0.39, 0.29) is 5.91 Å². The van der Waals surface area contributed by atoms with Crippen molar-refractivity contribution < 1.29 is 9.53 Å². The first-order valence-corrected chi connectivity index (χ1v) is 11.4.